The van der Waals surface area contributed by atoms with E-state index >= 15 is 0 Å². The number of hydrogen-bond acceptors (Lipinski definition) is 2. The van der Waals surface area contributed by atoms with Crippen LogP contribution in [-0.2, 0) is 6.54 Å². The monoisotopic (exact) mass is 353 g/mol. The van der Waals surface area contributed by atoms with Gasteiger partial charge in [0.1, 0.15) is 0 Å². The minimum Gasteiger partial charge on any atom is -0.478 e. The number of carboxylic acid groups (broad SMARTS) is 1. The first kappa shape index (κ1) is 14.9. The van der Waals surface area contributed by atoms with Crippen molar-refractivity contribution in [2.75, 3.05) is 5.32 Å². The molecule has 0 amide bonds. The van der Waals surface area contributed by atoms with E-state index in [4.69, 9.17) is 16.7 Å². The van der Waals surface area contributed by atoms with Gasteiger partial charge >= 0.3 is 5.97 Å². The van der Waals surface area contributed by atoms with Crippen LogP contribution < -0.4 is 5.32 Å². The summed E-state index contributed by atoms with van der Waals surface area (Å²) in [6, 6.07) is 10.6. The molecular weight excluding hydrogens is 342 g/mol. The van der Waals surface area contributed by atoms with E-state index in [1.54, 1.807) is 18.2 Å². The molecule has 0 radical (unpaired) electrons. The van der Waals surface area contributed by atoms with E-state index in [-0.39, 0.29) is 5.56 Å². The van der Waals surface area contributed by atoms with Crippen LogP contribution in [-0.4, -0.2) is 11.1 Å². The molecule has 0 saturated heterocycles. The minimum absolute atomic E-state index is 0.262. The Morgan fingerprint density at radius 3 is 2.75 bits per heavy atom. The zero-order valence-electron chi connectivity index (χ0n) is 10.8. The van der Waals surface area contributed by atoms with Crippen molar-refractivity contribution in [3.8, 4) is 0 Å². The van der Waals surface area contributed by atoms with E-state index in [2.05, 4.69) is 21.2 Å². The number of carbonyl (C=O) groups is 1. The summed E-state index contributed by atoms with van der Waals surface area (Å²) in [5.74, 6) is -0.937. The highest BCUT2D eigenvalue weighted by atomic mass is 79.9. The van der Waals surface area contributed by atoms with Crippen molar-refractivity contribution in [2.24, 2.45) is 0 Å². The van der Waals surface area contributed by atoms with E-state index in [1.807, 2.05) is 25.1 Å². The number of hydrogen-bond donors (Lipinski definition) is 2. The van der Waals surface area contributed by atoms with Gasteiger partial charge in [-0.05, 0) is 48.4 Å². The fraction of sp³-hybridized carbons (Fsp3) is 0.133. The molecule has 0 aliphatic rings. The molecule has 0 aliphatic carbocycles. The molecule has 5 heteroatoms. The van der Waals surface area contributed by atoms with E-state index in [0.29, 0.717) is 11.6 Å². The Labute approximate surface area is 130 Å². The van der Waals surface area contributed by atoms with Crippen LogP contribution in [0.2, 0.25) is 5.02 Å². The normalized spacial score (nSPS) is 10.3. The second-order valence-electron chi connectivity index (χ2n) is 4.42. The Morgan fingerprint density at radius 1 is 1.30 bits per heavy atom. The molecular formula is C15H13BrClNO2. The van der Waals surface area contributed by atoms with E-state index < -0.39 is 5.97 Å². The molecule has 0 unspecified atom stereocenters. The zero-order chi connectivity index (χ0) is 14.7. The lowest BCUT2D eigenvalue weighted by molar-refractivity contribution is 0.0697. The van der Waals surface area contributed by atoms with Gasteiger partial charge in [0, 0.05) is 21.7 Å². The number of carboxylic acids is 1. The van der Waals surface area contributed by atoms with Crippen molar-refractivity contribution >= 4 is 39.2 Å². The van der Waals surface area contributed by atoms with Crippen LogP contribution in [0.25, 0.3) is 0 Å². The zero-order valence-corrected chi connectivity index (χ0v) is 13.1. The predicted molar refractivity (Wildman–Crippen MR) is 84.6 cm³/mol. The Hall–Kier alpha value is -1.52. The molecule has 2 N–H and O–H groups in total. The van der Waals surface area contributed by atoms with E-state index in [1.165, 1.54) is 0 Å². The highest BCUT2D eigenvalue weighted by molar-refractivity contribution is 9.10. The lowest BCUT2D eigenvalue weighted by Crippen LogP contribution is -2.04. The van der Waals surface area contributed by atoms with Crippen molar-refractivity contribution < 1.29 is 9.90 Å². The number of halogens is 2. The molecule has 104 valence electrons. The fourth-order valence-corrected chi connectivity index (χ4v) is 2.41. The maximum Gasteiger partial charge on any atom is 0.335 e. The average Bonchev–Trinajstić information content (AvgIpc) is 2.41. The smallest absolute Gasteiger partial charge is 0.335 e. The maximum atomic E-state index is 11.0. The van der Waals surface area contributed by atoms with Crippen LogP contribution >= 0.6 is 27.5 Å². The van der Waals surface area contributed by atoms with Gasteiger partial charge in [-0.25, -0.2) is 4.79 Å². The number of aromatic carboxylic acids is 1. The fourth-order valence-electron chi connectivity index (χ4n) is 1.81. The van der Waals surface area contributed by atoms with Crippen LogP contribution in [0, 0.1) is 6.92 Å². The standard InChI is InChI=1S/C15H13BrClNO2/c1-9-2-3-10(15(19)20)7-14(9)18-8-11-6-12(16)4-5-13(11)17/h2-7,18H,8H2,1H3,(H,19,20). The topological polar surface area (TPSA) is 49.3 Å². The number of benzene rings is 2. The molecule has 0 bridgehead atoms. The summed E-state index contributed by atoms with van der Waals surface area (Å²) in [7, 11) is 0. The van der Waals surface area contributed by atoms with Gasteiger partial charge < -0.3 is 10.4 Å². The van der Waals surface area contributed by atoms with Crippen LogP contribution in [0.5, 0.6) is 0 Å². The van der Waals surface area contributed by atoms with Gasteiger partial charge in [0.05, 0.1) is 5.56 Å². The van der Waals surface area contributed by atoms with Crippen LogP contribution in [0.3, 0.4) is 0 Å². The third-order valence-corrected chi connectivity index (χ3v) is 3.82. The lowest BCUT2D eigenvalue weighted by atomic mass is 10.1. The summed E-state index contributed by atoms with van der Waals surface area (Å²) in [6.45, 7) is 2.46. The molecule has 20 heavy (non-hydrogen) atoms. The molecule has 0 atom stereocenters. The Kier molecular flexibility index (Phi) is 4.68. The summed E-state index contributed by atoms with van der Waals surface area (Å²) in [5.41, 5.74) is 2.99. The van der Waals surface area contributed by atoms with Gasteiger partial charge in [0.25, 0.3) is 0 Å². The number of aryl methyl sites for hydroxylation is 1. The van der Waals surface area contributed by atoms with Gasteiger partial charge in [0.2, 0.25) is 0 Å². The lowest BCUT2D eigenvalue weighted by Gasteiger charge is -2.12. The first-order valence-electron chi connectivity index (χ1n) is 5.99. The maximum absolute atomic E-state index is 11.0. The molecule has 3 nitrogen and oxygen atoms in total. The van der Waals surface area contributed by atoms with Crippen molar-refractivity contribution in [3.05, 3.63) is 62.6 Å². The predicted octanol–water partition coefficient (Wildman–Crippen LogP) is 4.72. The first-order chi connectivity index (χ1) is 9.47. The number of nitrogens with one attached hydrogen (secondary N) is 1. The summed E-state index contributed by atoms with van der Waals surface area (Å²) in [5, 5.41) is 12.9. The van der Waals surface area contributed by atoms with Gasteiger partial charge in [-0.1, -0.05) is 33.6 Å². The van der Waals surface area contributed by atoms with Crippen molar-refractivity contribution in [2.45, 2.75) is 13.5 Å². The molecule has 0 fully saturated rings. The van der Waals surface area contributed by atoms with Crippen LogP contribution in [0.15, 0.2) is 40.9 Å². The molecule has 0 spiro atoms. The van der Waals surface area contributed by atoms with E-state index in [0.717, 1.165) is 21.3 Å². The molecule has 0 aromatic heterocycles. The van der Waals surface area contributed by atoms with Gasteiger partial charge in [-0.15, -0.1) is 0 Å². The third kappa shape index (κ3) is 3.52. The molecule has 2 aromatic rings. The minimum atomic E-state index is -0.937. The molecule has 2 aromatic carbocycles. The third-order valence-electron chi connectivity index (χ3n) is 2.96. The Morgan fingerprint density at radius 2 is 2.05 bits per heavy atom. The molecule has 0 saturated carbocycles. The summed E-state index contributed by atoms with van der Waals surface area (Å²) < 4.78 is 0.953. The SMILES string of the molecule is Cc1ccc(C(=O)O)cc1NCc1cc(Br)ccc1Cl. The Bertz CT molecular complexity index is 658. The highest BCUT2D eigenvalue weighted by Gasteiger charge is 2.07. The summed E-state index contributed by atoms with van der Waals surface area (Å²) in [4.78, 5) is 11.0. The van der Waals surface area contributed by atoms with Crippen LogP contribution in [0.1, 0.15) is 21.5 Å². The average molecular weight is 355 g/mol. The van der Waals surface area contributed by atoms with Gasteiger partial charge in [0.15, 0.2) is 0 Å². The first-order valence-corrected chi connectivity index (χ1v) is 7.16. The number of anilines is 1. The second-order valence-corrected chi connectivity index (χ2v) is 5.75. The van der Waals surface area contributed by atoms with Crippen molar-refractivity contribution in [1.82, 2.24) is 0 Å². The van der Waals surface area contributed by atoms with Gasteiger partial charge in [-0.2, -0.15) is 0 Å². The molecule has 0 aliphatic heterocycles. The van der Waals surface area contributed by atoms with Crippen molar-refractivity contribution in [1.29, 1.82) is 0 Å². The van der Waals surface area contributed by atoms with Crippen molar-refractivity contribution in [3.63, 3.8) is 0 Å². The largest absolute Gasteiger partial charge is 0.478 e. The quantitative estimate of drug-likeness (QED) is 0.835. The molecule has 2 rings (SSSR count). The number of rotatable bonds is 4. The summed E-state index contributed by atoms with van der Waals surface area (Å²) >= 11 is 9.53. The summed E-state index contributed by atoms with van der Waals surface area (Å²) in [6.07, 6.45) is 0. The second kappa shape index (κ2) is 6.29. The Balaban J connectivity index is 2.20. The van der Waals surface area contributed by atoms with Crippen LogP contribution in [0.4, 0.5) is 5.69 Å². The molecule has 0 heterocycles. The van der Waals surface area contributed by atoms with Gasteiger partial charge in [-0.3, -0.25) is 0 Å². The van der Waals surface area contributed by atoms with E-state index in [9.17, 15) is 4.79 Å². The highest BCUT2D eigenvalue weighted by Crippen LogP contribution is 2.23.